The molecule has 43 heavy (non-hydrogen) atoms. The first kappa shape index (κ1) is 33.3. The van der Waals surface area contributed by atoms with Crippen LogP contribution in [0.2, 0.25) is 5.02 Å². The molecule has 1 atom stereocenters. The molecule has 0 saturated heterocycles. The van der Waals surface area contributed by atoms with Gasteiger partial charge in [0.2, 0.25) is 11.8 Å². The predicted octanol–water partition coefficient (Wildman–Crippen LogP) is 4.84. The van der Waals surface area contributed by atoms with Crippen LogP contribution < -0.4 is 14.4 Å². The number of benzene rings is 3. The van der Waals surface area contributed by atoms with E-state index in [1.165, 1.54) is 69.5 Å². The molecule has 0 saturated carbocycles. The van der Waals surface area contributed by atoms with Crippen LogP contribution in [-0.2, 0) is 26.2 Å². The molecule has 3 rings (SSSR count). The number of rotatable bonds is 12. The number of sulfonamides is 1. The van der Waals surface area contributed by atoms with Gasteiger partial charge in [-0.05, 0) is 58.0 Å². The fourth-order valence-electron chi connectivity index (χ4n) is 4.24. The molecule has 230 valence electrons. The molecule has 0 aliphatic heterocycles. The van der Waals surface area contributed by atoms with Gasteiger partial charge in [0.25, 0.3) is 15.7 Å². The number of carbonyl (C=O) groups is 2. The lowest BCUT2D eigenvalue weighted by Crippen LogP contribution is -2.52. The zero-order chi connectivity index (χ0) is 32.1. The summed E-state index contributed by atoms with van der Waals surface area (Å²) in [6.07, 6.45) is 0. The van der Waals surface area contributed by atoms with Crippen molar-refractivity contribution in [2.75, 3.05) is 18.0 Å². The predicted molar refractivity (Wildman–Crippen MR) is 160 cm³/mol. The van der Waals surface area contributed by atoms with E-state index in [0.717, 1.165) is 11.0 Å². The van der Waals surface area contributed by atoms with E-state index in [-0.39, 0.29) is 40.2 Å². The molecule has 11 nitrogen and oxygen atoms in total. The molecule has 14 heteroatoms. The third-order valence-corrected chi connectivity index (χ3v) is 8.54. The quantitative estimate of drug-likeness (QED) is 0.222. The number of nitrogens with zero attached hydrogens (tertiary/aromatic N) is 3. The molecule has 2 amide bonds. The molecule has 0 fully saturated rings. The number of ether oxygens (including phenoxy) is 1. The van der Waals surface area contributed by atoms with Gasteiger partial charge in [0, 0.05) is 34.8 Å². The summed E-state index contributed by atoms with van der Waals surface area (Å²) in [5.74, 6) is -1.98. The highest BCUT2D eigenvalue weighted by Gasteiger charge is 2.35. The second kappa shape index (κ2) is 13.8. The van der Waals surface area contributed by atoms with Crippen molar-refractivity contribution >= 4 is 44.8 Å². The van der Waals surface area contributed by atoms with Crippen molar-refractivity contribution in [2.24, 2.45) is 0 Å². The van der Waals surface area contributed by atoms with Crippen LogP contribution >= 0.6 is 11.6 Å². The van der Waals surface area contributed by atoms with E-state index in [9.17, 15) is 32.5 Å². The van der Waals surface area contributed by atoms with Crippen molar-refractivity contribution < 1.29 is 32.1 Å². The van der Waals surface area contributed by atoms with E-state index in [4.69, 9.17) is 16.3 Å². The molecular weight excluding hydrogens is 603 g/mol. The zero-order valence-electron chi connectivity index (χ0n) is 24.2. The Balaban J connectivity index is 2.18. The van der Waals surface area contributed by atoms with E-state index in [1.807, 2.05) is 0 Å². The van der Waals surface area contributed by atoms with Crippen molar-refractivity contribution in [3.63, 3.8) is 0 Å². The molecule has 1 N–H and O–H groups in total. The van der Waals surface area contributed by atoms with Crippen LogP contribution in [-0.4, -0.2) is 55.8 Å². The smallest absolute Gasteiger partial charge is 0.273 e. The number of nitro groups is 1. The SMILES string of the molecule is COc1ccc(Cl)cc1N(CC(=O)N(Cc1ccccc1F)C(C)C(=O)NC(C)C)S(=O)(=O)c1ccc(C)c([N+](=O)[O-])c1. The first-order chi connectivity index (χ1) is 20.2. The maximum absolute atomic E-state index is 14.7. The second-order valence-electron chi connectivity index (χ2n) is 9.99. The summed E-state index contributed by atoms with van der Waals surface area (Å²) < 4.78 is 49.0. The van der Waals surface area contributed by atoms with Crippen molar-refractivity contribution in [3.8, 4) is 5.75 Å². The zero-order valence-corrected chi connectivity index (χ0v) is 25.8. The van der Waals surface area contributed by atoms with Gasteiger partial charge in [0.1, 0.15) is 24.2 Å². The van der Waals surface area contributed by atoms with Crippen LogP contribution in [0.4, 0.5) is 15.8 Å². The van der Waals surface area contributed by atoms with Gasteiger partial charge < -0.3 is 15.0 Å². The number of carbonyl (C=O) groups excluding carboxylic acids is 2. The van der Waals surface area contributed by atoms with Crippen LogP contribution in [0.15, 0.2) is 65.6 Å². The minimum absolute atomic E-state index is 0.0358. The summed E-state index contributed by atoms with van der Waals surface area (Å²) in [5.41, 5.74) is -0.237. The Bertz CT molecular complexity index is 1630. The number of halogens is 2. The first-order valence-corrected chi connectivity index (χ1v) is 14.9. The number of hydrogen-bond donors (Lipinski definition) is 1. The van der Waals surface area contributed by atoms with Crippen molar-refractivity contribution in [1.29, 1.82) is 0 Å². The van der Waals surface area contributed by atoms with E-state index in [0.29, 0.717) is 4.31 Å². The van der Waals surface area contributed by atoms with Gasteiger partial charge in [-0.3, -0.25) is 24.0 Å². The van der Waals surface area contributed by atoms with Gasteiger partial charge in [0.05, 0.1) is 22.6 Å². The van der Waals surface area contributed by atoms with Gasteiger partial charge in [0.15, 0.2) is 0 Å². The fourth-order valence-corrected chi connectivity index (χ4v) is 5.85. The summed E-state index contributed by atoms with van der Waals surface area (Å²) in [5, 5.41) is 14.4. The van der Waals surface area contributed by atoms with Crippen molar-refractivity contribution in [1.82, 2.24) is 10.2 Å². The Kier molecular flexibility index (Phi) is 10.7. The van der Waals surface area contributed by atoms with Gasteiger partial charge in [-0.2, -0.15) is 0 Å². The Hall–Kier alpha value is -4.23. The van der Waals surface area contributed by atoms with Gasteiger partial charge in [-0.1, -0.05) is 35.9 Å². The summed E-state index contributed by atoms with van der Waals surface area (Å²) in [4.78, 5) is 38.5. The van der Waals surface area contributed by atoms with Gasteiger partial charge >= 0.3 is 0 Å². The van der Waals surface area contributed by atoms with Crippen LogP contribution in [0.1, 0.15) is 31.9 Å². The van der Waals surface area contributed by atoms with Crippen molar-refractivity contribution in [3.05, 3.63) is 92.7 Å². The number of methoxy groups -OCH3 is 1. The van der Waals surface area contributed by atoms with Crippen LogP contribution in [0.25, 0.3) is 0 Å². The number of nitrogens with one attached hydrogen (secondary N) is 1. The van der Waals surface area contributed by atoms with Crippen LogP contribution in [0.3, 0.4) is 0 Å². The second-order valence-corrected chi connectivity index (χ2v) is 12.3. The van der Waals surface area contributed by atoms with E-state index in [1.54, 1.807) is 19.9 Å². The maximum atomic E-state index is 14.7. The number of hydrogen-bond acceptors (Lipinski definition) is 7. The Morgan fingerprint density at radius 3 is 2.37 bits per heavy atom. The van der Waals surface area contributed by atoms with Crippen LogP contribution in [0.5, 0.6) is 5.75 Å². The van der Waals surface area contributed by atoms with E-state index >= 15 is 0 Å². The summed E-state index contributed by atoms with van der Waals surface area (Å²) in [6, 6.07) is 11.8. The van der Waals surface area contributed by atoms with Crippen molar-refractivity contribution in [2.45, 2.75) is 51.2 Å². The summed E-state index contributed by atoms with van der Waals surface area (Å²) >= 11 is 6.21. The van der Waals surface area contributed by atoms with E-state index in [2.05, 4.69) is 5.32 Å². The Morgan fingerprint density at radius 1 is 1.09 bits per heavy atom. The van der Waals surface area contributed by atoms with E-state index < -0.39 is 55.7 Å². The average molecular weight is 635 g/mol. The maximum Gasteiger partial charge on any atom is 0.273 e. The molecule has 3 aromatic carbocycles. The highest BCUT2D eigenvalue weighted by Crippen LogP contribution is 2.36. The minimum atomic E-state index is -4.68. The summed E-state index contributed by atoms with van der Waals surface area (Å²) in [7, 11) is -3.39. The molecule has 0 aliphatic carbocycles. The molecule has 0 aliphatic rings. The Labute approximate surface area is 254 Å². The molecule has 0 heterocycles. The highest BCUT2D eigenvalue weighted by molar-refractivity contribution is 7.92. The third kappa shape index (κ3) is 7.79. The van der Waals surface area contributed by atoms with Gasteiger partial charge in [-0.25, -0.2) is 12.8 Å². The minimum Gasteiger partial charge on any atom is -0.495 e. The summed E-state index contributed by atoms with van der Waals surface area (Å²) in [6.45, 7) is 5.13. The highest BCUT2D eigenvalue weighted by atomic mass is 35.5. The molecule has 3 aromatic rings. The fraction of sp³-hybridized carbons (Fsp3) is 0.310. The first-order valence-electron chi connectivity index (χ1n) is 13.1. The third-order valence-electron chi connectivity index (χ3n) is 6.55. The number of aryl methyl sites for hydroxylation is 1. The number of anilines is 1. The topological polar surface area (TPSA) is 139 Å². The molecule has 0 bridgehead atoms. The standard InChI is InChI=1S/C29H32ClFN4O7S/c1-18(2)32-29(37)20(4)33(16-21-8-6-7-9-24(21)31)28(36)17-34(26-14-22(30)11-13-27(26)42-5)43(40,41)23-12-10-19(3)25(15-23)35(38)39/h6-15,18,20H,16-17H2,1-5H3,(H,32,37). The average Bonchev–Trinajstić information content (AvgIpc) is 2.94. The molecular formula is C29H32ClFN4O7S. The van der Waals surface area contributed by atoms with Crippen LogP contribution in [0, 0.1) is 22.9 Å². The Morgan fingerprint density at radius 2 is 1.77 bits per heavy atom. The normalized spacial score (nSPS) is 12.0. The lowest BCUT2D eigenvalue weighted by molar-refractivity contribution is -0.385. The monoisotopic (exact) mass is 634 g/mol. The lowest BCUT2D eigenvalue weighted by atomic mass is 10.1. The molecule has 0 aromatic heterocycles. The van der Waals surface area contributed by atoms with Gasteiger partial charge in [-0.15, -0.1) is 0 Å². The number of amides is 2. The lowest BCUT2D eigenvalue weighted by Gasteiger charge is -2.32. The molecule has 1 unspecified atom stereocenters. The molecule has 0 spiro atoms. The largest absolute Gasteiger partial charge is 0.495 e. The molecule has 0 radical (unpaired) electrons. The number of nitro benzene ring substituents is 1.